The number of aryl methyl sites for hydroxylation is 1. The third kappa shape index (κ3) is 4.57. The molecule has 0 bridgehead atoms. The number of nitrogens with zero attached hydrogens (tertiary/aromatic N) is 1. The SMILES string of the molecule is Cc1cccc(NC(=O)CN2C[C@@H](N)[C@H](c3ccccc3)C2)c1.Cl. The Hall–Kier alpha value is -1.88. The minimum atomic E-state index is 0. The van der Waals surface area contributed by atoms with E-state index in [1.54, 1.807) is 0 Å². The highest BCUT2D eigenvalue weighted by molar-refractivity contribution is 5.92. The summed E-state index contributed by atoms with van der Waals surface area (Å²) in [7, 11) is 0. The van der Waals surface area contributed by atoms with Gasteiger partial charge in [0.15, 0.2) is 0 Å². The molecule has 3 N–H and O–H groups in total. The van der Waals surface area contributed by atoms with Crippen molar-refractivity contribution >= 4 is 24.0 Å². The van der Waals surface area contributed by atoms with E-state index >= 15 is 0 Å². The van der Waals surface area contributed by atoms with Gasteiger partial charge in [0.25, 0.3) is 0 Å². The monoisotopic (exact) mass is 345 g/mol. The zero-order valence-electron chi connectivity index (χ0n) is 13.8. The molecule has 3 rings (SSSR count). The molecule has 4 nitrogen and oxygen atoms in total. The van der Waals surface area contributed by atoms with E-state index in [-0.39, 0.29) is 24.4 Å². The Morgan fingerprint density at radius 3 is 2.62 bits per heavy atom. The maximum atomic E-state index is 12.2. The van der Waals surface area contributed by atoms with Gasteiger partial charge in [-0.05, 0) is 30.2 Å². The first-order valence-corrected chi connectivity index (χ1v) is 8.01. The number of benzene rings is 2. The summed E-state index contributed by atoms with van der Waals surface area (Å²) in [5, 5.41) is 2.96. The van der Waals surface area contributed by atoms with E-state index < -0.39 is 0 Å². The number of anilines is 1. The third-order valence-corrected chi connectivity index (χ3v) is 4.34. The van der Waals surface area contributed by atoms with Crippen molar-refractivity contribution in [3.8, 4) is 0 Å². The molecule has 1 aliphatic rings. The van der Waals surface area contributed by atoms with E-state index in [1.807, 2.05) is 49.4 Å². The van der Waals surface area contributed by atoms with Crippen LogP contribution in [0.25, 0.3) is 0 Å². The topological polar surface area (TPSA) is 58.4 Å². The van der Waals surface area contributed by atoms with Crippen LogP contribution < -0.4 is 11.1 Å². The number of likely N-dealkylation sites (tertiary alicyclic amines) is 1. The van der Waals surface area contributed by atoms with Crippen LogP contribution in [0.2, 0.25) is 0 Å². The first kappa shape index (κ1) is 18.5. The average Bonchev–Trinajstić information content (AvgIpc) is 2.88. The van der Waals surface area contributed by atoms with Crippen LogP contribution in [0.1, 0.15) is 17.0 Å². The molecule has 2 aromatic rings. The van der Waals surface area contributed by atoms with Crippen LogP contribution in [0, 0.1) is 6.92 Å². The molecule has 0 spiro atoms. The number of hydrogen-bond donors (Lipinski definition) is 2. The predicted molar refractivity (Wildman–Crippen MR) is 101 cm³/mol. The standard InChI is InChI=1S/C19H23N3O.ClH/c1-14-6-5-9-16(10-14)21-19(23)13-22-11-17(18(20)12-22)15-7-3-2-4-8-15;/h2-10,17-18H,11-13,20H2,1H3,(H,21,23);1H/t17-,18+;/m0./s1. The van der Waals surface area contributed by atoms with Gasteiger partial charge < -0.3 is 11.1 Å². The van der Waals surface area contributed by atoms with E-state index in [9.17, 15) is 4.79 Å². The molecule has 5 heteroatoms. The smallest absolute Gasteiger partial charge is 0.238 e. The van der Waals surface area contributed by atoms with Gasteiger partial charge >= 0.3 is 0 Å². The zero-order valence-corrected chi connectivity index (χ0v) is 14.6. The van der Waals surface area contributed by atoms with Gasteiger partial charge in [-0.2, -0.15) is 0 Å². The van der Waals surface area contributed by atoms with E-state index in [2.05, 4.69) is 22.3 Å². The molecule has 1 saturated heterocycles. The van der Waals surface area contributed by atoms with Gasteiger partial charge in [0.1, 0.15) is 0 Å². The number of hydrogen-bond acceptors (Lipinski definition) is 3. The fourth-order valence-corrected chi connectivity index (χ4v) is 3.22. The lowest BCUT2D eigenvalue weighted by Crippen LogP contribution is -2.33. The molecule has 1 heterocycles. The molecular weight excluding hydrogens is 322 g/mol. The van der Waals surface area contributed by atoms with Crippen LogP contribution in [0.5, 0.6) is 0 Å². The van der Waals surface area contributed by atoms with Crippen LogP contribution in [0.3, 0.4) is 0 Å². The van der Waals surface area contributed by atoms with Crippen molar-refractivity contribution in [3.05, 3.63) is 65.7 Å². The highest BCUT2D eigenvalue weighted by atomic mass is 35.5. The van der Waals surface area contributed by atoms with Crippen molar-refractivity contribution in [1.29, 1.82) is 0 Å². The van der Waals surface area contributed by atoms with Crippen molar-refractivity contribution in [3.63, 3.8) is 0 Å². The number of amides is 1. The van der Waals surface area contributed by atoms with Crippen molar-refractivity contribution < 1.29 is 4.79 Å². The highest BCUT2D eigenvalue weighted by Crippen LogP contribution is 2.26. The molecule has 0 unspecified atom stereocenters. The van der Waals surface area contributed by atoms with Gasteiger partial charge in [0.2, 0.25) is 5.91 Å². The van der Waals surface area contributed by atoms with Gasteiger partial charge in [-0.3, -0.25) is 9.69 Å². The Morgan fingerprint density at radius 2 is 1.92 bits per heavy atom. The molecule has 0 radical (unpaired) electrons. The number of halogens is 1. The number of carbonyl (C=O) groups excluding carboxylic acids is 1. The molecule has 2 aromatic carbocycles. The predicted octanol–water partition coefficient (Wildman–Crippen LogP) is 2.78. The van der Waals surface area contributed by atoms with E-state index in [0.29, 0.717) is 12.5 Å². The summed E-state index contributed by atoms with van der Waals surface area (Å²) < 4.78 is 0. The van der Waals surface area contributed by atoms with Gasteiger partial charge in [0.05, 0.1) is 6.54 Å². The minimum absolute atomic E-state index is 0. The summed E-state index contributed by atoms with van der Waals surface area (Å²) >= 11 is 0. The summed E-state index contributed by atoms with van der Waals surface area (Å²) in [6, 6.07) is 18.2. The fraction of sp³-hybridized carbons (Fsp3) is 0.316. The molecule has 1 fully saturated rings. The minimum Gasteiger partial charge on any atom is -0.326 e. The molecule has 1 aliphatic heterocycles. The Morgan fingerprint density at radius 1 is 1.17 bits per heavy atom. The molecule has 0 aliphatic carbocycles. The van der Waals surface area contributed by atoms with Crippen molar-refractivity contribution in [2.75, 3.05) is 25.0 Å². The Bertz CT molecular complexity index is 677. The lowest BCUT2D eigenvalue weighted by atomic mass is 9.95. The number of nitrogens with one attached hydrogen (secondary N) is 1. The van der Waals surface area contributed by atoms with Crippen molar-refractivity contribution in [1.82, 2.24) is 4.90 Å². The largest absolute Gasteiger partial charge is 0.326 e. The second-order valence-corrected chi connectivity index (χ2v) is 6.29. The highest BCUT2D eigenvalue weighted by Gasteiger charge is 2.31. The normalized spacial score (nSPS) is 20.4. The lowest BCUT2D eigenvalue weighted by Gasteiger charge is -2.16. The zero-order chi connectivity index (χ0) is 16.2. The molecule has 1 amide bonds. The average molecular weight is 346 g/mol. The van der Waals surface area contributed by atoms with E-state index in [4.69, 9.17) is 5.73 Å². The molecule has 128 valence electrons. The summed E-state index contributed by atoms with van der Waals surface area (Å²) in [5.74, 6) is 0.305. The summed E-state index contributed by atoms with van der Waals surface area (Å²) in [4.78, 5) is 14.4. The van der Waals surface area contributed by atoms with E-state index in [1.165, 1.54) is 5.56 Å². The third-order valence-electron chi connectivity index (χ3n) is 4.34. The molecule has 0 saturated carbocycles. The Balaban J connectivity index is 0.00000208. The quantitative estimate of drug-likeness (QED) is 0.895. The molecule has 0 aromatic heterocycles. The Labute approximate surface area is 149 Å². The van der Waals surface area contributed by atoms with Gasteiger partial charge in [-0.15, -0.1) is 12.4 Å². The summed E-state index contributed by atoms with van der Waals surface area (Å²) in [6.07, 6.45) is 0. The maximum Gasteiger partial charge on any atom is 0.238 e. The maximum absolute atomic E-state index is 12.2. The van der Waals surface area contributed by atoms with Gasteiger partial charge in [-0.1, -0.05) is 42.5 Å². The van der Waals surface area contributed by atoms with Crippen LogP contribution >= 0.6 is 12.4 Å². The number of nitrogens with two attached hydrogens (primary N) is 1. The van der Waals surface area contributed by atoms with E-state index in [0.717, 1.165) is 24.3 Å². The molecule has 2 atom stereocenters. The Kier molecular flexibility index (Phi) is 6.37. The van der Waals surface area contributed by atoms with Crippen LogP contribution in [-0.4, -0.2) is 36.5 Å². The lowest BCUT2D eigenvalue weighted by molar-refractivity contribution is -0.117. The number of carbonyl (C=O) groups is 1. The van der Waals surface area contributed by atoms with Crippen LogP contribution in [0.15, 0.2) is 54.6 Å². The van der Waals surface area contributed by atoms with Crippen LogP contribution in [-0.2, 0) is 4.79 Å². The second-order valence-electron chi connectivity index (χ2n) is 6.29. The first-order valence-electron chi connectivity index (χ1n) is 8.01. The van der Waals surface area contributed by atoms with Crippen LogP contribution in [0.4, 0.5) is 5.69 Å². The fourth-order valence-electron chi connectivity index (χ4n) is 3.22. The summed E-state index contributed by atoms with van der Waals surface area (Å²) in [6.45, 7) is 3.97. The van der Waals surface area contributed by atoms with Crippen molar-refractivity contribution in [2.24, 2.45) is 5.73 Å². The van der Waals surface area contributed by atoms with Crippen molar-refractivity contribution in [2.45, 2.75) is 18.9 Å². The second kappa shape index (κ2) is 8.29. The summed E-state index contributed by atoms with van der Waals surface area (Å²) in [5.41, 5.74) is 9.51. The molecular formula is C19H24ClN3O. The van der Waals surface area contributed by atoms with Gasteiger partial charge in [0, 0.05) is 30.7 Å². The van der Waals surface area contributed by atoms with Gasteiger partial charge in [-0.25, -0.2) is 0 Å². The molecule has 24 heavy (non-hydrogen) atoms. The number of rotatable bonds is 4. The first-order chi connectivity index (χ1) is 11.1.